The highest BCUT2D eigenvalue weighted by Crippen LogP contribution is 2.32. The van der Waals surface area contributed by atoms with Gasteiger partial charge in [0.05, 0.1) is 18.8 Å². The van der Waals surface area contributed by atoms with Gasteiger partial charge in [-0.25, -0.2) is 4.79 Å². The second-order valence-corrected chi connectivity index (χ2v) is 4.33. The zero-order valence-corrected chi connectivity index (χ0v) is 10.1. The second-order valence-electron chi connectivity index (χ2n) is 4.33. The van der Waals surface area contributed by atoms with Crippen LogP contribution in [0, 0.1) is 0 Å². The third kappa shape index (κ3) is 2.56. The van der Waals surface area contributed by atoms with Gasteiger partial charge in [-0.2, -0.15) is 0 Å². The van der Waals surface area contributed by atoms with E-state index in [0.29, 0.717) is 11.5 Å². The molecule has 0 aliphatic heterocycles. The Labute approximate surface area is 105 Å². The van der Waals surface area contributed by atoms with E-state index in [0.717, 1.165) is 19.3 Å². The molecule has 0 spiro atoms. The Bertz CT molecular complexity index is 443. The molecule has 2 atom stereocenters. The molecule has 1 aliphatic rings. The molecule has 0 heterocycles. The first kappa shape index (κ1) is 12.7. The van der Waals surface area contributed by atoms with Gasteiger partial charge in [0.25, 0.3) is 0 Å². The van der Waals surface area contributed by atoms with E-state index in [1.807, 2.05) is 0 Å². The van der Waals surface area contributed by atoms with Crippen LogP contribution in [0.15, 0.2) is 18.2 Å². The minimum absolute atomic E-state index is 0.145. The van der Waals surface area contributed by atoms with Crippen molar-refractivity contribution in [3.63, 3.8) is 0 Å². The molecule has 1 aliphatic carbocycles. The number of aromatic carboxylic acids is 1. The Morgan fingerprint density at radius 3 is 2.67 bits per heavy atom. The zero-order chi connectivity index (χ0) is 13.1. The standard InChI is InChI=1S/C13H16O5/c1-17-12-7-8(13(15)16)5-6-11(12)18-10-4-2-3-9(10)14/h5-7,9-10,14H,2-4H2,1H3,(H,15,16). The van der Waals surface area contributed by atoms with Gasteiger partial charge in [0.15, 0.2) is 11.5 Å². The first-order valence-electron chi connectivity index (χ1n) is 5.88. The largest absolute Gasteiger partial charge is 0.493 e. The van der Waals surface area contributed by atoms with Gasteiger partial charge in [0.1, 0.15) is 6.10 Å². The lowest BCUT2D eigenvalue weighted by Gasteiger charge is -2.19. The Morgan fingerprint density at radius 1 is 1.33 bits per heavy atom. The Balaban J connectivity index is 2.19. The predicted molar refractivity (Wildman–Crippen MR) is 64.2 cm³/mol. The highest BCUT2D eigenvalue weighted by atomic mass is 16.5. The van der Waals surface area contributed by atoms with E-state index in [1.165, 1.54) is 19.2 Å². The molecule has 5 nitrogen and oxygen atoms in total. The van der Waals surface area contributed by atoms with Gasteiger partial charge in [-0.05, 0) is 37.5 Å². The smallest absolute Gasteiger partial charge is 0.335 e. The average molecular weight is 252 g/mol. The fraction of sp³-hybridized carbons (Fsp3) is 0.462. The Hall–Kier alpha value is -1.75. The summed E-state index contributed by atoms with van der Waals surface area (Å²) >= 11 is 0. The third-order valence-corrected chi connectivity index (χ3v) is 3.11. The highest BCUT2D eigenvalue weighted by Gasteiger charge is 2.27. The van der Waals surface area contributed by atoms with Crippen molar-refractivity contribution in [2.75, 3.05) is 7.11 Å². The lowest BCUT2D eigenvalue weighted by atomic mass is 10.2. The molecule has 1 fully saturated rings. The first-order valence-corrected chi connectivity index (χ1v) is 5.88. The van der Waals surface area contributed by atoms with Crippen LogP contribution in [0.4, 0.5) is 0 Å². The van der Waals surface area contributed by atoms with Crippen molar-refractivity contribution in [3.8, 4) is 11.5 Å². The monoisotopic (exact) mass is 252 g/mol. The summed E-state index contributed by atoms with van der Waals surface area (Å²) in [7, 11) is 1.46. The third-order valence-electron chi connectivity index (χ3n) is 3.11. The Kier molecular flexibility index (Phi) is 3.72. The molecule has 0 bridgehead atoms. The second kappa shape index (κ2) is 5.27. The van der Waals surface area contributed by atoms with E-state index in [9.17, 15) is 9.90 Å². The van der Waals surface area contributed by atoms with Crippen LogP contribution >= 0.6 is 0 Å². The fourth-order valence-electron chi connectivity index (χ4n) is 2.10. The number of carboxylic acids is 1. The molecule has 1 saturated carbocycles. The topological polar surface area (TPSA) is 76.0 Å². The van der Waals surface area contributed by atoms with Crippen LogP contribution < -0.4 is 9.47 Å². The van der Waals surface area contributed by atoms with E-state index in [4.69, 9.17) is 14.6 Å². The molecule has 2 unspecified atom stereocenters. The minimum atomic E-state index is -1.01. The number of rotatable bonds is 4. The van der Waals surface area contributed by atoms with Gasteiger partial charge in [-0.1, -0.05) is 0 Å². The molecular weight excluding hydrogens is 236 g/mol. The molecule has 5 heteroatoms. The summed E-state index contributed by atoms with van der Waals surface area (Å²) in [4.78, 5) is 10.8. The number of aliphatic hydroxyl groups is 1. The van der Waals surface area contributed by atoms with Crippen LogP contribution in [-0.2, 0) is 0 Å². The summed E-state index contributed by atoms with van der Waals surface area (Å²) in [5.74, 6) is -0.178. The molecule has 0 saturated heterocycles. The SMILES string of the molecule is COc1cc(C(=O)O)ccc1OC1CCCC1O. The maximum Gasteiger partial charge on any atom is 0.335 e. The normalized spacial score (nSPS) is 22.8. The van der Waals surface area contributed by atoms with E-state index < -0.39 is 12.1 Å². The number of ether oxygens (including phenoxy) is 2. The summed E-state index contributed by atoms with van der Waals surface area (Å²) in [6, 6.07) is 4.44. The number of benzene rings is 1. The molecule has 2 rings (SSSR count). The van der Waals surface area contributed by atoms with Crippen molar-refractivity contribution in [2.45, 2.75) is 31.5 Å². The van der Waals surface area contributed by atoms with Crippen LogP contribution in [0.3, 0.4) is 0 Å². The van der Waals surface area contributed by atoms with Crippen molar-refractivity contribution < 1.29 is 24.5 Å². The predicted octanol–water partition coefficient (Wildman–Crippen LogP) is 1.69. The summed E-state index contributed by atoms with van der Waals surface area (Å²) in [6.45, 7) is 0. The van der Waals surface area contributed by atoms with Gasteiger partial charge in [0, 0.05) is 0 Å². The minimum Gasteiger partial charge on any atom is -0.493 e. The maximum absolute atomic E-state index is 10.8. The van der Waals surface area contributed by atoms with Gasteiger partial charge in [0.2, 0.25) is 0 Å². The van der Waals surface area contributed by atoms with Gasteiger partial charge >= 0.3 is 5.97 Å². The van der Waals surface area contributed by atoms with Crippen LogP contribution in [0.5, 0.6) is 11.5 Å². The maximum atomic E-state index is 10.8. The van der Waals surface area contributed by atoms with E-state index in [1.54, 1.807) is 6.07 Å². The molecule has 0 aromatic heterocycles. The summed E-state index contributed by atoms with van der Waals surface area (Å²) in [5, 5.41) is 18.6. The quantitative estimate of drug-likeness (QED) is 0.852. The molecule has 0 amide bonds. The molecule has 0 radical (unpaired) electrons. The van der Waals surface area contributed by atoms with Crippen LogP contribution in [0.25, 0.3) is 0 Å². The van der Waals surface area contributed by atoms with Crippen LogP contribution in [0.1, 0.15) is 29.6 Å². The van der Waals surface area contributed by atoms with E-state index in [-0.39, 0.29) is 11.7 Å². The van der Waals surface area contributed by atoms with Crippen molar-refractivity contribution in [3.05, 3.63) is 23.8 Å². The number of hydrogen-bond donors (Lipinski definition) is 2. The zero-order valence-electron chi connectivity index (χ0n) is 10.1. The number of carbonyl (C=O) groups is 1. The molecule has 98 valence electrons. The Morgan fingerprint density at radius 2 is 2.11 bits per heavy atom. The lowest BCUT2D eigenvalue weighted by molar-refractivity contribution is 0.0584. The van der Waals surface area contributed by atoms with Gasteiger partial charge < -0.3 is 19.7 Å². The first-order chi connectivity index (χ1) is 8.61. The summed E-state index contributed by atoms with van der Waals surface area (Å²) < 4.78 is 10.8. The number of carboxylic acid groups (broad SMARTS) is 1. The fourth-order valence-corrected chi connectivity index (χ4v) is 2.10. The van der Waals surface area contributed by atoms with Crippen LogP contribution in [0.2, 0.25) is 0 Å². The van der Waals surface area contributed by atoms with Crippen molar-refractivity contribution in [1.29, 1.82) is 0 Å². The van der Waals surface area contributed by atoms with E-state index in [2.05, 4.69) is 0 Å². The number of hydrogen-bond acceptors (Lipinski definition) is 4. The van der Waals surface area contributed by atoms with Gasteiger partial charge in [-0.3, -0.25) is 0 Å². The van der Waals surface area contributed by atoms with E-state index >= 15 is 0 Å². The van der Waals surface area contributed by atoms with Crippen molar-refractivity contribution >= 4 is 5.97 Å². The summed E-state index contributed by atoms with van der Waals surface area (Å²) in [5.41, 5.74) is 0.145. The number of aliphatic hydroxyl groups excluding tert-OH is 1. The van der Waals surface area contributed by atoms with Crippen molar-refractivity contribution in [2.24, 2.45) is 0 Å². The molecule has 1 aromatic rings. The molecular formula is C13H16O5. The summed E-state index contributed by atoms with van der Waals surface area (Å²) in [6.07, 6.45) is 1.76. The highest BCUT2D eigenvalue weighted by molar-refractivity contribution is 5.88. The lowest BCUT2D eigenvalue weighted by Crippen LogP contribution is -2.25. The molecule has 2 N–H and O–H groups in total. The van der Waals surface area contributed by atoms with Crippen molar-refractivity contribution in [1.82, 2.24) is 0 Å². The molecule has 18 heavy (non-hydrogen) atoms. The average Bonchev–Trinajstić information content (AvgIpc) is 2.75. The van der Waals surface area contributed by atoms with Crippen LogP contribution in [-0.4, -0.2) is 35.5 Å². The number of methoxy groups -OCH3 is 1. The van der Waals surface area contributed by atoms with Gasteiger partial charge in [-0.15, -0.1) is 0 Å². The molecule has 1 aromatic carbocycles.